The molecule has 1 aromatic carbocycles. The van der Waals surface area contributed by atoms with Crippen molar-refractivity contribution in [3.05, 3.63) is 65.5 Å². The number of nitrogen functional groups attached to an aromatic ring is 1. The SMILES string of the molecule is COC(=O)c1ccc(/C=C/c2cc(-c3cc(N)c(N4CCNCC4)[nH]3)ccn2)cc1. The smallest absolute Gasteiger partial charge is 0.337 e. The van der Waals surface area contributed by atoms with Gasteiger partial charge in [0.2, 0.25) is 0 Å². The Hall–Kier alpha value is -3.58. The normalized spacial score (nSPS) is 14.2. The topological polar surface area (TPSA) is 96.3 Å². The molecular weight excluding hydrogens is 378 g/mol. The third kappa shape index (κ3) is 4.36. The number of anilines is 2. The van der Waals surface area contributed by atoms with Crippen molar-refractivity contribution in [1.29, 1.82) is 0 Å². The van der Waals surface area contributed by atoms with Crippen LogP contribution in [0, 0.1) is 0 Å². The molecule has 3 aromatic rings. The molecule has 1 aliphatic heterocycles. The highest BCUT2D eigenvalue weighted by molar-refractivity contribution is 5.89. The molecule has 7 heteroatoms. The zero-order valence-corrected chi connectivity index (χ0v) is 16.9. The van der Waals surface area contributed by atoms with Gasteiger partial charge >= 0.3 is 5.97 Å². The fourth-order valence-electron chi connectivity index (χ4n) is 3.50. The van der Waals surface area contributed by atoms with Crippen molar-refractivity contribution in [1.82, 2.24) is 15.3 Å². The molecule has 1 saturated heterocycles. The number of hydrogen-bond acceptors (Lipinski definition) is 6. The van der Waals surface area contributed by atoms with E-state index in [-0.39, 0.29) is 5.97 Å². The average molecular weight is 403 g/mol. The van der Waals surface area contributed by atoms with Crippen LogP contribution in [0.25, 0.3) is 23.4 Å². The van der Waals surface area contributed by atoms with Gasteiger partial charge in [-0.25, -0.2) is 4.79 Å². The second-order valence-corrected chi connectivity index (χ2v) is 7.14. The van der Waals surface area contributed by atoms with Crippen LogP contribution >= 0.6 is 0 Å². The summed E-state index contributed by atoms with van der Waals surface area (Å²) >= 11 is 0. The lowest BCUT2D eigenvalue weighted by atomic mass is 10.1. The molecule has 4 N–H and O–H groups in total. The number of esters is 1. The second kappa shape index (κ2) is 8.84. The fourth-order valence-corrected chi connectivity index (χ4v) is 3.50. The minimum absolute atomic E-state index is 0.342. The Balaban J connectivity index is 1.51. The van der Waals surface area contributed by atoms with Crippen molar-refractivity contribution in [3.8, 4) is 11.3 Å². The summed E-state index contributed by atoms with van der Waals surface area (Å²) in [7, 11) is 1.37. The molecule has 1 aliphatic rings. The summed E-state index contributed by atoms with van der Waals surface area (Å²) in [5.41, 5.74) is 11.4. The van der Waals surface area contributed by atoms with Gasteiger partial charge in [-0.05, 0) is 42.0 Å². The molecule has 30 heavy (non-hydrogen) atoms. The maximum atomic E-state index is 11.5. The molecule has 0 atom stereocenters. The summed E-state index contributed by atoms with van der Waals surface area (Å²) in [5, 5.41) is 3.35. The molecule has 3 heterocycles. The maximum absolute atomic E-state index is 11.5. The van der Waals surface area contributed by atoms with Gasteiger partial charge in [-0.3, -0.25) is 4.98 Å². The first-order valence-electron chi connectivity index (χ1n) is 9.91. The largest absolute Gasteiger partial charge is 0.465 e. The second-order valence-electron chi connectivity index (χ2n) is 7.14. The molecule has 1 fully saturated rings. The van der Waals surface area contributed by atoms with E-state index in [1.807, 2.05) is 42.5 Å². The Morgan fingerprint density at radius 2 is 1.90 bits per heavy atom. The maximum Gasteiger partial charge on any atom is 0.337 e. The third-order valence-corrected chi connectivity index (χ3v) is 5.13. The summed E-state index contributed by atoms with van der Waals surface area (Å²) in [6.07, 6.45) is 5.69. The summed E-state index contributed by atoms with van der Waals surface area (Å²) in [4.78, 5) is 21.7. The number of ether oxygens (including phenoxy) is 1. The van der Waals surface area contributed by atoms with Crippen LogP contribution in [-0.4, -0.2) is 49.2 Å². The fraction of sp³-hybridized carbons (Fsp3) is 0.217. The van der Waals surface area contributed by atoms with Gasteiger partial charge in [-0.15, -0.1) is 0 Å². The number of aromatic nitrogens is 2. The molecule has 0 unspecified atom stereocenters. The number of H-pyrrole nitrogens is 1. The van der Waals surface area contributed by atoms with Gasteiger partial charge in [-0.2, -0.15) is 0 Å². The first kappa shape index (κ1) is 19.7. The molecule has 0 saturated carbocycles. The van der Waals surface area contributed by atoms with Crippen LogP contribution in [0.4, 0.5) is 11.5 Å². The van der Waals surface area contributed by atoms with E-state index in [2.05, 4.69) is 20.2 Å². The van der Waals surface area contributed by atoms with Gasteiger partial charge in [0.25, 0.3) is 0 Å². The van der Waals surface area contributed by atoms with Crippen molar-refractivity contribution in [2.75, 3.05) is 43.9 Å². The lowest BCUT2D eigenvalue weighted by Crippen LogP contribution is -2.43. The Bertz CT molecular complexity index is 1050. The van der Waals surface area contributed by atoms with Crippen LogP contribution in [0.5, 0.6) is 0 Å². The number of carbonyl (C=O) groups excluding carboxylic acids is 1. The van der Waals surface area contributed by atoms with Gasteiger partial charge in [-0.1, -0.05) is 18.2 Å². The van der Waals surface area contributed by atoms with E-state index >= 15 is 0 Å². The summed E-state index contributed by atoms with van der Waals surface area (Å²) in [6, 6.07) is 13.2. The van der Waals surface area contributed by atoms with Gasteiger partial charge < -0.3 is 25.7 Å². The van der Waals surface area contributed by atoms with E-state index in [0.717, 1.165) is 60.2 Å². The van der Waals surface area contributed by atoms with Crippen LogP contribution in [-0.2, 0) is 4.74 Å². The van der Waals surface area contributed by atoms with Crippen LogP contribution in [0.1, 0.15) is 21.6 Å². The number of nitrogens with zero attached hydrogens (tertiary/aromatic N) is 2. The molecule has 7 nitrogen and oxygen atoms in total. The Kier molecular flexibility index (Phi) is 5.81. The Morgan fingerprint density at radius 1 is 1.13 bits per heavy atom. The number of nitrogens with two attached hydrogens (primary N) is 1. The van der Waals surface area contributed by atoms with Crippen molar-refractivity contribution in [2.45, 2.75) is 0 Å². The Morgan fingerprint density at radius 3 is 2.63 bits per heavy atom. The standard InChI is InChI=1S/C23H25N5O2/c1-30-23(29)17-5-2-16(3-6-17)4-7-19-14-18(8-9-26-19)21-15-20(24)22(27-21)28-12-10-25-11-13-28/h2-9,14-15,25,27H,10-13,24H2,1H3/b7-4+. The molecule has 0 aliphatic carbocycles. The third-order valence-electron chi connectivity index (χ3n) is 5.13. The average Bonchev–Trinajstić information content (AvgIpc) is 3.20. The zero-order chi connectivity index (χ0) is 20.9. The summed E-state index contributed by atoms with van der Waals surface area (Å²) in [5.74, 6) is 0.636. The number of hydrogen-bond donors (Lipinski definition) is 3. The molecule has 0 radical (unpaired) electrons. The van der Waals surface area contributed by atoms with Crippen LogP contribution in [0.2, 0.25) is 0 Å². The lowest BCUT2D eigenvalue weighted by molar-refractivity contribution is 0.0600. The number of nitrogens with one attached hydrogen (secondary N) is 2. The quantitative estimate of drug-likeness (QED) is 0.567. The number of carbonyl (C=O) groups is 1. The lowest BCUT2D eigenvalue weighted by Gasteiger charge is -2.28. The van der Waals surface area contributed by atoms with Crippen molar-refractivity contribution < 1.29 is 9.53 Å². The molecule has 0 bridgehead atoms. The highest BCUT2D eigenvalue weighted by Gasteiger charge is 2.16. The molecule has 154 valence electrons. The molecule has 4 rings (SSSR count). The number of methoxy groups -OCH3 is 1. The number of rotatable bonds is 5. The van der Waals surface area contributed by atoms with Gasteiger partial charge in [0, 0.05) is 43.6 Å². The minimum Gasteiger partial charge on any atom is -0.465 e. The number of piperazine rings is 1. The van der Waals surface area contributed by atoms with Gasteiger partial charge in [0.1, 0.15) is 5.82 Å². The number of pyridine rings is 1. The molecular formula is C23H25N5O2. The van der Waals surface area contributed by atoms with E-state index < -0.39 is 0 Å². The predicted molar refractivity (Wildman–Crippen MR) is 120 cm³/mol. The van der Waals surface area contributed by atoms with Gasteiger partial charge in [0.05, 0.1) is 24.1 Å². The molecule has 2 aromatic heterocycles. The monoisotopic (exact) mass is 403 g/mol. The van der Waals surface area contributed by atoms with Crippen molar-refractivity contribution in [3.63, 3.8) is 0 Å². The van der Waals surface area contributed by atoms with Gasteiger partial charge in [0.15, 0.2) is 0 Å². The minimum atomic E-state index is -0.342. The summed E-state index contributed by atoms with van der Waals surface area (Å²) < 4.78 is 4.72. The van der Waals surface area contributed by atoms with Crippen molar-refractivity contribution >= 4 is 29.6 Å². The highest BCUT2D eigenvalue weighted by Crippen LogP contribution is 2.30. The van der Waals surface area contributed by atoms with E-state index in [4.69, 9.17) is 10.5 Å². The molecule has 0 amide bonds. The number of aromatic amines is 1. The highest BCUT2D eigenvalue weighted by atomic mass is 16.5. The van der Waals surface area contributed by atoms with Crippen LogP contribution in [0.15, 0.2) is 48.7 Å². The van der Waals surface area contributed by atoms with E-state index in [0.29, 0.717) is 5.56 Å². The first-order chi connectivity index (χ1) is 14.6. The zero-order valence-electron chi connectivity index (χ0n) is 16.9. The van der Waals surface area contributed by atoms with Crippen LogP contribution in [0.3, 0.4) is 0 Å². The van der Waals surface area contributed by atoms with E-state index in [1.165, 1.54) is 7.11 Å². The summed E-state index contributed by atoms with van der Waals surface area (Å²) in [6.45, 7) is 3.78. The van der Waals surface area contributed by atoms with E-state index in [9.17, 15) is 4.79 Å². The van der Waals surface area contributed by atoms with E-state index in [1.54, 1.807) is 18.3 Å². The first-order valence-corrected chi connectivity index (χ1v) is 9.91. The van der Waals surface area contributed by atoms with Crippen LogP contribution < -0.4 is 16.0 Å². The Labute approximate surface area is 175 Å². The molecule has 0 spiro atoms. The van der Waals surface area contributed by atoms with Crippen molar-refractivity contribution in [2.24, 2.45) is 0 Å². The predicted octanol–water partition coefficient (Wildman–Crippen LogP) is 3.03. The number of benzene rings is 1.